The molecular formula is C15H21N3O2S. The van der Waals surface area contributed by atoms with E-state index in [1.807, 2.05) is 30.3 Å². The van der Waals surface area contributed by atoms with E-state index in [1.54, 1.807) is 4.90 Å². The van der Waals surface area contributed by atoms with Crippen molar-refractivity contribution in [3.63, 3.8) is 0 Å². The van der Waals surface area contributed by atoms with Crippen molar-refractivity contribution >= 4 is 24.4 Å². The lowest BCUT2D eigenvalue weighted by atomic mass is 10.1. The van der Waals surface area contributed by atoms with Crippen LogP contribution < -0.4 is 10.6 Å². The van der Waals surface area contributed by atoms with Crippen LogP contribution in [-0.2, 0) is 16.0 Å². The molecule has 1 unspecified atom stereocenters. The van der Waals surface area contributed by atoms with Gasteiger partial charge in [-0.1, -0.05) is 30.3 Å². The van der Waals surface area contributed by atoms with E-state index in [-0.39, 0.29) is 18.4 Å². The molecule has 2 rings (SSSR count). The molecule has 6 heteroatoms. The molecule has 1 aromatic rings. The number of nitrogens with one attached hydrogen (secondary N) is 2. The van der Waals surface area contributed by atoms with Gasteiger partial charge in [0.05, 0.1) is 11.8 Å². The van der Waals surface area contributed by atoms with Crippen molar-refractivity contribution < 1.29 is 9.59 Å². The van der Waals surface area contributed by atoms with Crippen LogP contribution in [0.4, 0.5) is 0 Å². The van der Waals surface area contributed by atoms with E-state index < -0.39 is 5.25 Å². The largest absolute Gasteiger partial charge is 0.346 e. The minimum atomic E-state index is -0.441. The standard InChI is InChI=1S/C15H21N3O2S/c19-14(18-8-6-16-7-9-18)11-17-15(20)13(21)10-12-4-2-1-3-5-12/h1-5,13,16,21H,6-11H2,(H,17,20). The van der Waals surface area contributed by atoms with Crippen LogP contribution >= 0.6 is 12.6 Å². The number of carbonyl (C=O) groups is 2. The summed E-state index contributed by atoms with van der Waals surface area (Å²) in [5.41, 5.74) is 1.06. The van der Waals surface area contributed by atoms with Crippen LogP contribution in [0.3, 0.4) is 0 Å². The number of piperazine rings is 1. The highest BCUT2D eigenvalue weighted by Crippen LogP contribution is 2.07. The normalized spacial score (nSPS) is 16.3. The van der Waals surface area contributed by atoms with E-state index in [4.69, 9.17) is 0 Å². The molecule has 0 aliphatic carbocycles. The fourth-order valence-electron chi connectivity index (χ4n) is 2.24. The minimum Gasteiger partial charge on any atom is -0.346 e. The van der Waals surface area contributed by atoms with Crippen LogP contribution in [-0.4, -0.2) is 54.7 Å². The molecule has 1 saturated heterocycles. The van der Waals surface area contributed by atoms with Gasteiger partial charge in [0.25, 0.3) is 0 Å². The topological polar surface area (TPSA) is 61.4 Å². The highest BCUT2D eigenvalue weighted by atomic mass is 32.1. The summed E-state index contributed by atoms with van der Waals surface area (Å²) < 4.78 is 0. The van der Waals surface area contributed by atoms with Crippen molar-refractivity contribution in [3.05, 3.63) is 35.9 Å². The van der Waals surface area contributed by atoms with Crippen LogP contribution in [0.15, 0.2) is 30.3 Å². The predicted octanol–water partition coefficient (Wildman–Crippen LogP) is 0.0755. The first kappa shape index (κ1) is 15.9. The highest BCUT2D eigenvalue weighted by molar-refractivity contribution is 7.81. The fourth-order valence-corrected chi connectivity index (χ4v) is 2.54. The van der Waals surface area contributed by atoms with Gasteiger partial charge in [-0.3, -0.25) is 9.59 Å². The van der Waals surface area contributed by atoms with Crippen molar-refractivity contribution in [1.82, 2.24) is 15.5 Å². The van der Waals surface area contributed by atoms with Gasteiger partial charge in [-0.2, -0.15) is 12.6 Å². The number of hydrogen-bond acceptors (Lipinski definition) is 4. The molecule has 1 aliphatic heterocycles. The molecule has 21 heavy (non-hydrogen) atoms. The van der Waals surface area contributed by atoms with E-state index in [2.05, 4.69) is 23.3 Å². The Balaban J connectivity index is 1.74. The molecule has 5 nitrogen and oxygen atoms in total. The zero-order valence-electron chi connectivity index (χ0n) is 11.9. The van der Waals surface area contributed by atoms with E-state index >= 15 is 0 Å². The summed E-state index contributed by atoms with van der Waals surface area (Å²) in [4.78, 5) is 25.7. The van der Waals surface area contributed by atoms with Crippen molar-refractivity contribution in [2.75, 3.05) is 32.7 Å². The maximum absolute atomic E-state index is 12.0. The fraction of sp³-hybridized carbons (Fsp3) is 0.467. The van der Waals surface area contributed by atoms with Gasteiger partial charge in [-0.25, -0.2) is 0 Å². The Labute approximate surface area is 130 Å². The maximum Gasteiger partial charge on any atom is 0.242 e. The Morgan fingerprint density at radius 3 is 2.57 bits per heavy atom. The number of carbonyl (C=O) groups excluding carboxylic acids is 2. The van der Waals surface area contributed by atoms with Gasteiger partial charge in [-0.05, 0) is 12.0 Å². The van der Waals surface area contributed by atoms with Gasteiger partial charge >= 0.3 is 0 Å². The van der Waals surface area contributed by atoms with Crippen LogP contribution in [0.2, 0.25) is 0 Å². The molecular weight excluding hydrogens is 286 g/mol. The highest BCUT2D eigenvalue weighted by Gasteiger charge is 2.19. The number of nitrogens with zero attached hydrogens (tertiary/aromatic N) is 1. The molecule has 2 amide bonds. The Morgan fingerprint density at radius 2 is 1.90 bits per heavy atom. The van der Waals surface area contributed by atoms with Crippen LogP contribution in [0, 0.1) is 0 Å². The van der Waals surface area contributed by atoms with Gasteiger partial charge in [-0.15, -0.1) is 0 Å². The van der Waals surface area contributed by atoms with Crippen LogP contribution in [0.1, 0.15) is 5.56 Å². The van der Waals surface area contributed by atoms with E-state index in [9.17, 15) is 9.59 Å². The SMILES string of the molecule is O=C(NCC(=O)N1CCNCC1)C(S)Cc1ccccc1. The number of rotatable bonds is 5. The molecule has 1 heterocycles. The Bertz CT molecular complexity index is 475. The number of hydrogen-bond donors (Lipinski definition) is 3. The van der Waals surface area contributed by atoms with Gasteiger partial charge in [0.15, 0.2) is 0 Å². The second-order valence-corrected chi connectivity index (χ2v) is 5.68. The lowest BCUT2D eigenvalue weighted by Crippen LogP contribution is -2.50. The van der Waals surface area contributed by atoms with Crippen molar-refractivity contribution in [2.45, 2.75) is 11.7 Å². The zero-order valence-corrected chi connectivity index (χ0v) is 12.8. The van der Waals surface area contributed by atoms with Crippen molar-refractivity contribution in [2.24, 2.45) is 0 Å². The molecule has 1 aliphatic rings. The average molecular weight is 307 g/mol. The summed E-state index contributed by atoms with van der Waals surface area (Å²) in [6.07, 6.45) is 0.553. The maximum atomic E-state index is 12.0. The molecule has 0 radical (unpaired) electrons. The molecule has 0 aromatic heterocycles. The first-order valence-corrected chi connectivity index (χ1v) is 7.66. The van der Waals surface area contributed by atoms with E-state index in [1.165, 1.54) is 0 Å². The summed E-state index contributed by atoms with van der Waals surface area (Å²) in [6, 6.07) is 9.72. The molecule has 1 atom stereocenters. The third-order valence-electron chi connectivity index (χ3n) is 3.46. The Kier molecular flexibility index (Phi) is 6.07. The van der Waals surface area contributed by atoms with E-state index in [0.29, 0.717) is 19.5 Å². The molecule has 1 aromatic carbocycles. The minimum absolute atomic E-state index is 0.0369. The quantitative estimate of drug-likeness (QED) is 0.675. The molecule has 1 fully saturated rings. The van der Waals surface area contributed by atoms with Gasteiger partial charge in [0, 0.05) is 26.2 Å². The lowest BCUT2D eigenvalue weighted by Gasteiger charge is -2.27. The van der Waals surface area contributed by atoms with Gasteiger partial charge in [0.2, 0.25) is 11.8 Å². The third-order valence-corrected chi connectivity index (χ3v) is 3.88. The summed E-state index contributed by atoms with van der Waals surface area (Å²) in [6.45, 7) is 3.06. The first-order valence-electron chi connectivity index (χ1n) is 7.15. The monoisotopic (exact) mass is 307 g/mol. The second-order valence-electron chi connectivity index (χ2n) is 5.05. The van der Waals surface area contributed by atoms with Crippen molar-refractivity contribution in [1.29, 1.82) is 0 Å². The van der Waals surface area contributed by atoms with Crippen molar-refractivity contribution in [3.8, 4) is 0 Å². The third kappa shape index (κ3) is 5.06. The number of thiol groups is 1. The molecule has 114 valence electrons. The summed E-state index contributed by atoms with van der Waals surface area (Å²) in [7, 11) is 0. The Morgan fingerprint density at radius 1 is 1.24 bits per heavy atom. The van der Waals surface area contributed by atoms with Crippen LogP contribution in [0.25, 0.3) is 0 Å². The van der Waals surface area contributed by atoms with Gasteiger partial charge < -0.3 is 15.5 Å². The van der Waals surface area contributed by atoms with E-state index in [0.717, 1.165) is 18.7 Å². The zero-order chi connectivity index (χ0) is 15.1. The van der Waals surface area contributed by atoms with Gasteiger partial charge in [0.1, 0.15) is 0 Å². The second kappa shape index (κ2) is 8.05. The first-order chi connectivity index (χ1) is 10.2. The van der Waals surface area contributed by atoms with Crippen LogP contribution in [0.5, 0.6) is 0 Å². The lowest BCUT2D eigenvalue weighted by molar-refractivity contribution is -0.133. The molecule has 0 saturated carbocycles. The summed E-state index contributed by atoms with van der Waals surface area (Å²) in [5.74, 6) is -0.240. The Hall–Kier alpha value is -1.53. The summed E-state index contributed by atoms with van der Waals surface area (Å²) in [5, 5.41) is 5.42. The molecule has 0 spiro atoms. The molecule has 2 N–H and O–H groups in total. The predicted molar refractivity (Wildman–Crippen MR) is 85.4 cm³/mol. The number of amides is 2. The smallest absolute Gasteiger partial charge is 0.242 e. The number of benzene rings is 1. The molecule has 0 bridgehead atoms. The summed E-state index contributed by atoms with van der Waals surface area (Å²) >= 11 is 4.32. The average Bonchev–Trinajstić information content (AvgIpc) is 2.54.